The van der Waals surface area contributed by atoms with Gasteiger partial charge in [0.25, 0.3) is 0 Å². The third-order valence-corrected chi connectivity index (χ3v) is 2.70. The molecule has 19 heavy (non-hydrogen) atoms. The number of hydrogen-bond acceptors (Lipinski definition) is 5. The number of nitrogens with two attached hydrogens (primary N) is 1. The summed E-state index contributed by atoms with van der Waals surface area (Å²) in [5.74, 6) is -0.445. The predicted octanol–water partition coefficient (Wildman–Crippen LogP) is 1.40. The molecule has 1 heterocycles. The van der Waals surface area contributed by atoms with E-state index in [0.29, 0.717) is 17.8 Å². The van der Waals surface area contributed by atoms with Crippen LogP contribution in [0.3, 0.4) is 0 Å². The zero-order valence-corrected chi connectivity index (χ0v) is 10.9. The second-order valence-electron chi connectivity index (χ2n) is 4.13. The summed E-state index contributed by atoms with van der Waals surface area (Å²) in [6.45, 7) is 0.575. The van der Waals surface area contributed by atoms with Gasteiger partial charge in [-0.15, -0.1) is 0 Å². The van der Waals surface area contributed by atoms with Crippen molar-refractivity contribution in [2.24, 2.45) is 7.05 Å². The highest BCUT2D eigenvalue weighted by Crippen LogP contribution is 2.19. The number of nitrogens with one attached hydrogen (secondary N) is 1. The number of benzene rings is 1. The number of aromatic nitrogens is 2. The van der Waals surface area contributed by atoms with E-state index in [1.165, 1.54) is 7.11 Å². The molecule has 0 saturated heterocycles. The fourth-order valence-electron chi connectivity index (χ4n) is 1.70. The van der Waals surface area contributed by atoms with E-state index in [1.807, 2.05) is 25.4 Å². The van der Waals surface area contributed by atoms with Crippen LogP contribution >= 0.6 is 0 Å². The first kappa shape index (κ1) is 12.9. The summed E-state index contributed by atoms with van der Waals surface area (Å²) >= 11 is 0. The highest BCUT2D eigenvalue weighted by Gasteiger charge is 2.10. The fourth-order valence-corrected chi connectivity index (χ4v) is 1.70. The van der Waals surface area contributed by atoms with Gasteiger partial charge in [0.15, 0.2) is 0 Å². The number of anilines is 2. The van der Waals surface area contributed by atoms with E-state index in [4.69, 9.17) is 5.73 Å². The van der Waals surface area contributed by atoms with Crippen LogP contribution in [0.2, 0.25) is 0 Å². The minimum Gasteiger partial charge on any atom is -0.465 e. The van der Waals surface area contributed by atoms with Gasteiger partial charge in [-0.2, -0.15) is 5.10 Å². The number of carbonyl (C=O) groups is 1. The smallest absolute Gasteiger partial charge is 0.340 e. The highest BCUT2D eigenvalue weighted by molar-refractivity contribution is 5.96. The summed E-state index contributed by atoms with van der Waals surface area (Å²) in [6.07, 6.45) is 1.87. The minimum atomic E-state index is -0.445. The van der Waals surface area contributed by atoms with Crippen molar-refractivity contribution in [3.63, 3.8) is 0 Å². The zero-order valence-electron chi connectivity index (χ0n) is 10.9. The van der Waals surface area contributed by atoms with Gasteiger partial charge in [-0.05, 0) is 24.3 Å². The molecular weight excluding hydrogens is 244 g/mol. The Morgan fingerprint density at radius 3 is 2.89 bits per heavy atom. The molecule has 0 fully saturated rings. The molecule has 1 aromatic heterocycles. The molecule has 0 saturated carbocycles. The Morgan fingerprint density at radius 1 is 1.47 bits per heavy atom. The highest BCUT2D eigenvalue weighted by atomic mass is 16.5. The molecule has 0 spiro atoms. The van der Waals surface area contributed by atoms with Gasteiger partial charge in [0.05, 0.1) is 24.9 Å². The first-order chi connectivity index (χ1) is 9.10. The van der Waals surface area contributed by atoms with Crippen LogP contribution in [-0.2, 0) is 18.3 Å². The molecule has 0 atom stereocenters. The van der Waals surface area contributed by atoms with Crippen LogP contribution in [0.5, 0.6) is 0 Å². The maximum Gasteiger partial charge on any atom is 0.340 e. The summed E-state index contributed by atoms with van der Waals surface area (Å²) < 4.78 is 6.41. The van der Waals surface area contributed by atoms with Crippen molar-refractivity contribution in [1.82, 2.24) is 9.78 Å². The molecule has 0 aliphatic carbocycles. The van der Waals surface area contributed by atoms with Crippen LogP contribution in [0, 0.1) is 0 Å². The average molecular weight is 260 g/mol. The van der Waals surface area contributed by atoms with Gasteiger partial charge in [-0.25, -0.2) is 4.79 Å². The van der Waals surface area contributed by atoms with Crippen LogP contribution in [0.25, 0.3) is 0 Å². The van der Waals surface area contributed by atoms with Crippen LogP contribution < -0.4 is 11.1 Å². The minimum absolute atomic E-state index is 0.355. The van der Waals surface area contributed by atoms with Crippen LogP contribution in [0.1, 0.15) is 16.1 Å². The van der Waals surface area contributed by atoms with E-state index in [0.717, 1.165) is 11.4 Å². The van der Waals surface area contributed by atoms with Crippen molar-refractivity contribution in [1.29, 1.82) is 0 Å². The molecule has 1 aromatic carbocycles. The summed E-state index contributed by atoms with van der Waals surface area (Å²) in [6, 6.07) is 7.08. The average Bonchev–Trinajstić information content (AvgIpc) is 2.83. The summed E-state index contributed by atoms with van der Waals surface area (Å²) in [7, 11) is 3.19. The Hall–Kier alpha value is -2.50. The summed E-state index contributed by atoms with van der Waals surface area (Å²) in [4.78, 5) is 11.5. The number of ether oxygens (including phenoxy) is 1. The predicted molar refractivity (Wildman–Crippen MR) is 72.7 cm³/mol. The lowest BCUT2D eigenvalue weighted by Crippen LogP contribution is -2.07. The number of esters is 1. The lowest BCUT2D eigenvalue weighted by atomic mass is 10.1. The van der Waals surface area contributed by atoms with Crippen molar-refractivity contribution in [3.05, 3.63) is 41.7 Å². The number of aryl methyl sites for hydroxylation is 1. The second kappa shape index (κ2) is 5.43. The van der Waals surface area contributed by atoms with Gasteiger partial charge < -0.3 is 15.8 Å². The van der Waals surface area contributed by atoms with Crippen LogP contribution in [0.15, 0.2) is 30.5 Å². The molecule has 3 N–H and O–H groups in total. The molecule has 6 heteroatoms. The van der Waals surface area contributed by atoms with Crippen molar-refractivity contribution in [2.45, 2.75) is 6.54 Å². The number of carbonyl (C=O) groups excluding carboxylic acids is 1. The molecule has 100 valence electrons. The number of nitrogens with zero attached hydrogens (tertiary/aromatic N) is 2. The third-order valence-electron chi connectivity index (χ3n) is 2.70. The van der Waals surface area contributed by atoms with Crippen LogP contribution in [-0.4, -0.2) is 22.9 Å². The summed E-state index contributed by atoms with van der Waals surface area (Å²) in [5.41, 5.74) is 8.19. The molecule has 0 aliphatic rings. The normalized spacial score (nSPS) is 10.2. The standard InChI is InChI=1S/C13H16N4O2/c1-17-6-5-10(16-17)8-15-9-3-4-12(14)11(7-9)13(18)19-2/h3-7,15H,8,14H2,1-2H3. The Labute approximate surface area is 111 Å². The first-order valence-corrected chi connectivity index (χ1v) is 5.80. The van der Waals surface area contributed by atoms with Gasteiger partial charge in [0, 0.05) is 24.6 Å². The molecule has 6 nitrogen and oxygen atoms in total. The molecule has 0 aliphatic heterocycles. The fraction of sp³-hybridized carbons (Fsp3) is 0.231. The monoisotopic (exact) mass is 260 g/mol. The van der Waals surface area contributed by atoms with E-state index >= 15 is 0 Å². The largest absolute Gasteiger partial charge is 0.465 e. The number of nitrogen functional groups attached to an aromatic ring is 1. The first-order valence-electron chi connectivity index (χ1n) is 5.80. The van der Waals surface area contributed by atoms with Crippen molar-refractivity contribution >= 4 is 17.3 Å². The lowest BCUT2D eigenvalue weighted by molar-refractivity contribution is 0.0602. The molecule has 0 radical (unpaired) electrons. The Kier molecular flexibility index (Phi) is 3.70. The van der Waals surface area contributed by atoms with E-state index in [-0.39, 0.29) is 0 Å². The van der Waals surface area contributed by atoms with Gasteiger partial charge >= 0.3 is 5.97 Å². The topological polar surface area (TPSA) is 82.2 Å². The quantitative estimate of drug-likeness (QED) is 0.641. The van der Waals surface area contributed by atoms with Crippen molar-refractivity contribution in [3.8, 4) is 0 Å². The van der Waals surface area contributed by atoms with Crippen molar-refractivity contribution < 1.29 is 9.53 Å². The van der Waals surface area contributed by atoms with E-state index < -0.39 is 5.97 Å². The molecular formula is C13H16N4O2. The Morgan fingerprint density at radius 2 is 2.26 bits per heavy atom. The van der Waals surface area contributed by atoms with Gasteiger partial charge in [0.2, 0.25) is 0 Å². The molecule has 0 bridgehead atoms. The molecule has 2 aromatic rings. The van der Waals surface area contributed by atoms with E-state index in [2.05, 4.69) is 15.2 Å². The molecule has 0 unspecified atom stereocenters. The van der Waals surface area contributed by atoms with Gasteiger partial charge in [0.1, 0.15) is 0 Å². The van der Waals surface area contributed by atoms with Gasteiger partial charge in [-0.3, -0.25) is 4.68 Å². The Bertz CT molecular complexity index is 592. The van der Waals surface area contributed by atoms with Crippen LogP contribution in [0.4, 0.5) is 11.4 Å². The van der Waals surface area contributed by atoms with Crippen molar-refractivity contribution in [2.75, 3.05) is 18.2 Å². The summed E-state index contributed by atoms with van der Waals surface area (Å²) in [5, 5.41) is 7.44. The maximum absolute atomic E-state index is 11.5. The molecule has 2 rings (SSSR count). The maximum atomic E-state index is 11.5. The molecule has 0 amide bonds. The zero-order chi connectivity index (χ0) is 13.8. The van der Waals surface area contributed by atoms with E-state index in [9.17, 15) is 4.79 Å². The third kappa shape index (κ3) is 3.04. The second-order valence-corrected chi connectivity index (χ2v) is 4.13. The number of rotatable bonds is 4. The lowest BCUT2D eigenvalue weighted by Gasteiger charge is -2.08. The number of methoxy groups -OCH3 is 1. The number of hydrogen-bond donors (Lipinski definition) is 2. The Balaban J connectivity index is 2.10. The van der Waals surface area contributed by atoms with E-state index in [1.54, 1.807) is 16.8 Å². The SMILES string of the molecule is COC(=O)c1cc(NCc2ccn(C)n2)ccc1N. The van der Waals surface area contributed by atoms with Gasteiger partial charge in [-0.1, -0.05) is 0 Å².